The molecule has 1 fully saturated rings. The first-order chi connectivity index (χ1) is 8.56. The molecule has 3 nitrogen and oxygen atoms in total. The summed E-state index contributed by atoms with van der Waals surface area (Å²) >= 11 is 0. The molecule has 1 aliphatic heterocycles. The molecule has 3 heteroatoms. The van der Waals surface area contributed by atoms with Gasteiger partial charge in [0.05, 0.1) is 11.4 Å². The first-order valence-corrected chi connectivity index (χ1v) is 6.69. The molecule has 1 aromatic carbocycles. The van der Waals surface area contributed by atoms with Gasteiger partial charge in [-0.25, -0.2) is 0 Å². The van der Waals surface area contributed by atoms with Crippen molar-refractivity contribution in [2.75, 3.05) is 23.9 Å². The molecule has 1 aliphatic carbocycles. The van der Waals surface area contributed by atoms with Gasteiger partial charge in [0, 0.05) is 14.1 Å². The average molecular weight is 244 g/mol. The highest BCUT2D eigenvalue weighted by molar-refractivity contribution is 6.08. The molecule has 0 N–H and O–H groups in total. The van der Waals surface area contributed by atoms with E-state index in [1.54, 1.807) is 0 Å². The van der Waals surface area contributed by atoms with Gasteiger partial charge in [-0.15, -0.1) is 0 Å². The van der Waals surface area contributed by atoms with Gasteiger partial charge in [0.15, 0.2) is 0 Å². The van der Waals surface area contributed by atoms with Gasteiger partial charge in [-0.2, -0.15) is 0 Å². The number of rotatable bonds is 0. The molecule has 18 heavy (non-hydrogen) atoms. The number of hydrogen-bond acceptors (Lipinski definition) is 2. The fraction of sp³-hybridized carbons (Fsp3) is 0.533. The lowest BCUT2D eigenvalue weighted by molar-refractivity contribution is -0.123. The van der Waals surface area contributed by atoms with Crippen LogP contribution in [-0.2, 0) is 4.79 Å². The number of likely N-dealkylation sites (N-methyl/N-ethyl adjacent to an activating group) is 2. The summed E-state index contributed by atoms with van der Waals surface area (Å²) in [4.78, 5) is 16.8. The van der Waals surface area contributed by atoms with Gasteiger partial charge in [0.2, 0.25) is 0 Å². The van der Waals surface area contributed by atoms with Gasteiger partial charge in [0.25, 0.3) is 5.91 Å². The predicted octanol–water partition coefficient (Wildman–Crippen LogP) is 2.72. The van der Waals surface area contributed by atoms with E-state index in [-0.39, 0.29) is 11.4 Å². The molecule has 1 amide bonds. The zero-order valence-corrected chi connectivity index (χ0v) is 11.4. The van der Waals surface area contributed by atoms with Crippen LogP contribution in [0.1, 0.15) is 31.2 Å². The number of fused-ring (bicyclic) bond motifs is 1. The quantitative estimate of drug-likeness (QED) is 0.700. The SMILES string of the molecule is Cc1ccc2c(c1)N(C)C(=O)C1(CCCC1)N2C. The summed E-state index contributed by atoms with van der Waals surface area (Å²) in [6.45, 7) is 2.07. The molecular weight excluding hydrogens is 224 g/mol. The second-order valence-corrected chi connectivity index (χ2v) is 5.65. The topological polar surface area (TPSA) is 23.6 Å². The molecule has 0 atom stereocenters. The second kappa shape index (κ2) is 3.74. The Morgan fingerprint density at radius 2 is 1.78 bits per heavy atom. The summed E-state index contributed by atoms with van der Waals surface area (Å²) < 4.78 is 0. The summed E-state index contributed by atoms with van der Waals surface area (Å²) in [5.41, 5.74) is 3.14. The lowest BCUT2D eigenvalue weighted by Gasteiger charge is -2.47. The number of aryl methyl sites for hydroxylation is 1. The molecule has 0 aromatic heterocycles. The monoisotopic (exact) mass is 244 g/mol. The maximum atomic E-state index is 12.7. The molecule has 1 saturated carbocycles. The molecule has 3 rings (SSSR count). The minimum atomic E-state index is -0.281. The largest absolute Gasteiger partial charge is 0.358 e. The van der Waals surface area contributed by atoms with Crippen LogP contribution in [0.3, 0.4) is 0 Å². The van der Waals surface area contributed by atoms with E-state index in [1.807, 2.05) is 11.9 Å². The van der Waals surface area contributed by atoms with E-state index in [1.165, 1.54) is 11.3 Å². The summed E-state index contributed by atoms with van der Waals surface area (Å²) in [5.74, 6) is 0.264. The van der Waals surface area contributed by atoms with Gasteiger partial charge in [-0.05, 0) is 37.5 Å². The summed E-state index contributed by atoms with van der Waals surface area (Å²) in [6.07, 6.45) is 4.29. The highest BCUT2D eigenvalue weighted by Crippen LogP contribution is 2.46. The van der Waals surface area contributed by atoms with Crippen molar-refractivity contribution in [2.24, 2.45) is 0 Å². The molecule has 0 bridgehead atoms. The van der Waals surface area contributed by atoms with E-state index < -0.39 is 0 Å². The summed E-state index contributed by atoms with van der Waals surface area (Å²) in [6, 6.07) is 6.38. The Hall–Kier alpha value is -1.51. The normalized spacial score (nSPS) is 21.6. The standard InChI is InChI=1S/C15H20N2O/c1-11-6-7-12-13(10-11)16(2)14(18)15(17(12)3)8-4-5-9-15/h6-7,10H,4-5,8-9H2,1-3H3. The van der Waals surface area contributed by atoms with Gasteiger partial charge >= 0.3 is 0 Å². The van der Waals surface area contributed by atoms with Crippen molar-refractivity contribution in [3.05, 3.63) is 23.8 Å². The highest BCUT2D eigenvalue weighted by Gasteiger charge is 2.50. The van der Waals surface area contributed by atoms with Crippen LogP contribution in [0.15, 0.2) is 18.2 Å². The van der Waals surface area contributed by atoms with Crippen molar-refractivity contribution >= 4 is 17.3 Å². The Kier molecular flexibility index (Phi) is 2.40. The Morgan fingerprint density at radius 1 is 1.11 bits per heavy atom. The van der Waals surface area contributed by atoms with Crippen LogP contribution in [-0.4, -0.2) is 25.5 Å². The van der Waals surface area contributed by atoms with E-state index >= 15 is 0 Å². The van der Waals surface area contributed by atoms with Crippen LogP contribution in [0, 0.1) is 6.92 Å². The molecule has 1 heterocycles. The molecule has 0 radical (unpaired) electrons. The van der Waals surface area contributed by atoms with Crippen molar-refractivity contribution in [2.45, 2.75) is 38.1 Å². The van der Waals surface area contributed by atoms with E-state index in [0.717, 1.165) is 31.4 Å². The van der Waals surface area contributed by atoms with Crippen LogP contribution in [0.2, 0.25) is 0 Å². The highest BCUT2D eigenvalue weighted by atomic mass is 16.2. The van der Waals surface area contributed by atoms with Crippen LogP contribution < -0.4 is 9.80 Å². The van der Waals surface area contributed by atoms with Gasteiger partial charge < -0.3 is 9.80 Å². The van der Waals surface area contributed by atoms with Crippen LogP contribution in [0.25, 0.3) is 0 Å². The third-order valence-electron chi connectivity index (χ3n) is 4.63. The Labute approximate surface area is 108 Å². The summed E-state index contributed by atoms with van der Waals surface area (Å²) in [5, 5.41) is 0. The summed E-state index contributed by atoms with van der Waals surface area (Å²) in [7, 11) is 3.98. The van der Waals surface area contributed by atoms with Gasteiger partial charge in [-0.3, -0.25) is 4.79 Å². The second-order valence-electron chi connectivity index (χ2n) is 5.65. The molecule has 2 aliphatic rings. The van der Waals surface area contributed by atoms with E-state index in [4.69, 9.17) is 0 Å². The third kappa shape index (κ3) is 1.33. The maximum absolute atomic E-state index is 12.7. The van der Waals surface area contributed by atoms with Crippen LogP contribution in [0.4, 0.5) is 11.4 Å². The van der Waals surface area contributed by atoms with Gasteiger partial charge in [0.1, 0.15) is 5.54 Å². The number of amides is 1. The zero-order chi connectivity index (χ0) is 12.9. The minimum Gasteiger partial charge on any atom is -0.358 e. The number of carbonyl (C=O) groups excluding carboxylic acids is 1. The third-order valence-corrected chi connectivity index (χ3v) is 4.63. The fourth-order valence-corrected chi connectivity index (χ4v) is 3.49. The number of carbonyl (C=O) groups is 1. The lowest BCUT2D eigenvalue weighted by atomic mass is 9.89. The van der Waals surface area contributed by atoms with Crippen molar-refractivity contribution < 1.29 is 4.79 Å². The van der Waals surface area contributed by atoms with Crippen molar-refractivity contribution in [1.82, 2.24) is 0 Å². The number of hydrogen-bond donors (Lipinski definition) is 0. The zero-order valence-electron chi connectivity index (χ0n) is 11.4. The fourth-order valence-electron chi connectivity index (χ4n) is 3.49. The van der Waals surface area contributed by atoms with Crippen molar-refractivity contribution in [3.63, 3.8) is 0 Å². The first-order valence-electron chi connectivity index (χ1n) is 6.69. The van der Waals surface area contributed by atoms with Crippen molar-refractivity contribution in [3.8, 4) is 0 Å². The molecule has 1 aromatic rings. The maximum Gasteiger partial charge on any atom is 0.252 e. The number of anilines is 2. The van der Waals surface area contributed by atoms with Crippen LogP contribution in [0.5, 0.6) is 0 Å². The molecule has 0 saturated heterocycles. The van der Waals surface area contributed by atoms with E-state index in [9.17, 15) is 4.79 Å². The molecular formula is C15H20N2O. The van der Waals surface area contributed by atoms with E-state index in [2.05, 4.69) is 37.1 Å². The first kappa shape index (κ1) is 11.6. The molecule has 96 valence electrons. The Morgan fingerprint density at radius 3 is 2.44 bits per heavy atom. The molecule has 1 spiro atoms. The number of nitrogens with zero attached hydrogens (tertiary/aromatic N) is 2. The smallest absolute Gasteiger partial charge is 0.252 e. The minimum absolute atomic E-state index is 0.264. The Bertz CT molecular complexity index is 503. The van der Waals surface area contributed by atoms with Crippen molar-refractivity contribution in [1.29, 1.82) is 0 Å². The molecule has 0 unspecified atom stereocenters. The van der Waals surface area contributed by atoms with Crippen LogP contribution >= 0.6 is 0 Å². The average Bonchev–Trinajstić information content (AvgIpc) is 2.85. The Balaban J connectivity index is 2.16. The van der Waals surface area contributed by atoms with E-state index in [0.29, 0.717) is 0 Å². The lowest BCUT2D eigenvalue weighted by Crippen LogP contribution is -2.60. The predicted molar refractivity (Wildman–Crippen MR) is 74.2 cm³/mol. The van der Waals surface area contributed by atoms with Gasteiger partial charge in [-0.1, -0.05) is 18.9 Å². The number of benzene rings is 1.